The fraction of sp³-hybridized carbons (Fsp3) is 0.214. The largest absolute Gasteiger partial charge is 0.480 e. The van der Waals surface area contributed by atoms with Gasteiger partial charge in [0.05, 0.1) is 20.5 Å². The molecule has 2 heterocycles. The monoisotopic (exact) mass is 413 g/mol. The highest BCUT2D eigenvalue weighted by Gasteiger charge is 2.56. The molecule has 0 bridgehead atoms. The smallest absolute Gasteiger partial charge is 0.407 e. The number of fused-ring (bicyclic) bond motifs is 1. The summed E-state index contributed by atoms with van der Waals surface area (Å²) < 4.78 is 13.7. The van der Waals surface area contributed by atoms with Crippen LogP contribution >= 0.6 is 15.9 Å². The number of carboxylic acids is 1. The van der Waals surface area contributed by atoms with Crippen LogP contribution in [0.1, 0.15) is 5.56 Å². The molecule has 1 aliphatic heterocycles. The first-order chi connectivity index (χ1) is 11.7. The van der Waals surface area contributed by atoms with Crippen molar-refractivity contribution in [2.24, 2.45) is 0 Å². The van der Waals surface area contributed by atoms with E-state index in [1.54, 1.807) is 0 Å². The molecule has 0 unspecified atom stereocenters. The maximum Gasteiger partial charge on any atom is 0.407 e. The van der Waals surface area contributed by atoms with E-state index in [-0.39, 0.29) is 20.9 Å². The first-order valence-electron chi connectivity index (χ1n) is 6.81. The van der Waals surface area contributed by atoms with Crippen molar-refractivity contribution in [3.05, 3.63) is 44.3 Å². The van der Waals surface area contributed by atoms with Crippen molar-refractivity contribution in [3.8, 4) is 0 Å². The number of likely N-dealkylation sites (tertiary alicyclic amines) is 1. The van der Waals surface area contributed by atoms with Crippen molar-refractivity contribution >= 4 is 44.6 Å². The van der Waals surface area contributed by atoms with E-state index in [0.717, 1.165) is 17.2 Å². The van der Waals surface area contributed by atoms with Crippen LogP contribution in [-0.4, -0.2) is 50.2 Å². The average molecular weight is 414 g/mol. The Morgan fingerprint density at radius 3 is 2.52 bits per heavy atom. The summed E-state index contributed by atoms with van der Waals surface area (Å²) in [5.41, 5.74) is -2.51. The van der Waals surface area contributed by atoms with Gasteiger partial charge in [-0.3, -0.25) is 14.9 Å². The van der Waals surface area contributed by atoms with Gasteiger partial charge < -0.3 is 15.1 Å². The third-order valence-electron chi connectivity index (χ3n) is 4.17. The van der Waals surface area contributed by atoms with Crippen molar-refractivity contribution in [3.63, 3.8) is 0 Å². The van der Waals surface area contributed by atoms with E-state index in [4.69, 9.17) is 5.11 Å². The van der Waals surface area contributed by atoms with Gasteiger partial charge in [0, 0.05) is 24.5 Å². The lowest BCUT2D eigenvalue weighted by Crippen LogP contribution is -2.65. The maximum atomic E-state index is 13.7. The molecule has 9 nitrogen and oxygen atoms in total. The Morgan fingerprint density at radius 2 is 2.00 bits per heavy atom. The summed E-state index contributed by atoms with van der Waals surface area (Å²) in [6, 6.07) is 2.24. The molecular formula is C14H9BrFN3O6. The summed E-state index contributed by atoms with van der Waals surface area (Å²) in [5, 5.41) is 30.2. The number of amides is 1. The van der Waals surface area contributed by atoms with E-state index >= 15 is 0 Å². The standard InChI is InChI=1S/C14H9BrFN3O6/c15-7-1-6-9(2-8(7)16)17-3-10(19(24)25)11(6)14(12(20)21)4-18(5-14)13(22)23/h1-3H,4-5H2,(H,20,21)(H,22,23). The third-order valence-corrected chi connectivity index (χ3v) is 4.77. The minimum atomic E-state index is -1.81. The number of carboxylic acid groups (broad SMARTS) is 2. The van der Waals surface area contributed by atoms with Crippen molar-refractivity contribution in [1.29, 1.82) is 0 Å². The van der Waals surface area contributed by atoms with E-state index in [9.17, 15) is 29.2 Å². The van der Waals surface area contributed by atoms with Gasteiger partial charge in [0.2, 0.25) is 0 Å². The van der Waals surface area contributed by atoms with Crippen molar-refractivity contribution < 1.29 is 29.1 Å². The lowest BCUT2D eigenvalue weighted by molar-refractivity contribution is -0.386. The number of pyridine rings is 1. The number of nitrogens with zero attached hydrogens (tertiary/aromatic N) is 3. The van der Waals surface area contributed by atoms with Crippen LogP contribution in [0.2, 0.25) is 0 Å². The molecule has 0 aliphatic carbocycles. The van der Waals surface area contributed by atoms with Crippen molar-refractivity contribution in [2.45, 2.75) is 5.41 Å². The van der Waals surface area contributed by atoms with Crippen LogP contribution in [0.3, 0.4) is 0 Å². The summed E-state index contributed by atoms with van der Waals surface area (Å²) in [6.07, 6.45) is -0.468. The minimum Gasteiger partial charge on any atom is -0.480 e. The van der Waals surface area contributed by atoms with Gasteiger partial charge in [-0.15, -0.1) is 0 Å². The van der Waals surface area contributed by atoms with Gasteiger partial charge in [0.15, 0.2) is 0 Å². The van der Waals surface area contributed by atoms with Gasteiger partial charge in [-0.05, 0) is 22.0 Å². The molecule has 0 atom stereocenters. The summed E-state index contributed by atoms with van der Waals surface area (Å²) >= 11 is 2.97. The molecule has 3 rings (SSSR count). The van der Waals surface area contributed by atoms with Gasteiger partial charge in [-0.2, -0.15) is 0 Å². The number of rotatable bonds is 3. The Kier molecular flexibility index (Phi) is 3.82. The molecule has 1 amide bonds. The van der Waals surface area contributed by atoms with E-state index in [1.165, 1.54) is 6.07 Å². The van der Waals surface area contributed by atoms with Crippen LogP contribution in [0, 0.1) is 15.9 Å². The van der Waals surface area contributed by atoms with E-state index < -0.39 is 47.0 Å². The number of carbonyl (C=O) groups is 2. The quantitative estimate of drug-likeness (QED) is 0.582. The second-order valence-corrected chi connectivity index (χ2v) is 6.44. The van der Waals surface area contributed by atoms with E-state index in [0.29, 0.717) is 0 Å². The lowest BCUT2D eigenvalue weighted by atomic mass is 9.72. The molecule has 0 radical (unpaired) electrons. The van der Waals surface area contributed by atoms with Gasteiger partial charge in [0.1, 0.15) is 17.4 Å². The average Bonchev–Trinajstić information content (AvgIpc) is 2.46. The highest BCUT2D eigenvalue weighted by molar-refractivity contribution is 9.10. The second kappa shape index (κ2) is 5.62. The maximum absolute atomic E-state index is 13.7. The fourth-order valence-electron chi connectivity index (χ4n) is 2.96. The number of aliphatic carboxylic acids is 1. The number of benzene rings is 1. The van der Waals surface area contributed by atoms with Crippen LogP contribution in [0.5, 0.6) is 0 Å². The molecule has 130 valence electrons. The highest BCUT2D eigenvalue weighted by Crippen LogP contribution is 2.44. The predicted molar refractivity (Wildman–Crippen MR) is 85.0 cm³/mol. The second-order valence-electron chi connectivity index (χ2n) is 5.58. The summed E-state index contributed by atoms with van der Waals surface area (Å²) in [7, 11) is 0. The zero-order valence-electron chi connectivity index (χ0n) is 12.3. The van der Waals surface area contributed by atoms with Crippen LogP contribution in [0.4, 0.5) is 14.9 Å². The number of halogens is 2. The molecule has 2 aromatic rings. The SMILES string of the molecule is O=C(O)N1CC(C(=O)O)(c2c([N+](=O)[O-])cnc3cc(F)c(Br)cc23)C1. The first kappa shape index (κ1) is 17.0. The summed E-state index contributed by atoms with van der Waals surface area (Å²) in [6.45, 7) is -0.904. The van der Waals surface area contributed by atoms with Crippen LogP contribution in [-0.2, 0) is 10.2 Å². The molecule has 1 aromatic carbocycles. The number of hydrogen-bond donors (Lipinski definition) is 2. The lowest BCUT2D eigenvalue weighted by Gasteiger charge is -2.45. The molecule has 0 spiro atoms. The molecule has 1 aromatic heterocycles. The Bertz CT molecular complexity index is 944. The van der Waals surface area contributed by atoms with Gasteiger partial charge in [0.25, 0.3) is 5.69 Å². The van der Waals surface area contributed by atoms with E-state index in [1.807, 2.05) is 0 Å². The molecule has 0 saturated carbocycles. The first-order valence-corrected chi connectivity index (χ1v) is 7.60. The highest BCUT2D eigenvalue weighted by atomic mass is 79.9. The number of hydrogen-bond acceptors (Lipinski definition) is 5. The zero-order chi connectivity index (χ0) is 18.5. The molecule has 11 heteroatoms. The van der Waals surface area contributed by atoms with Crippen LogP contribution < -0.4 is 0 Å². The van der Waals surface area contributed by atoms with Crippen LogP contribution in [0.15, 0.2) is 22.8 Å². The van der Waals surface area contributed by atoms with Gasteiger partial charge in [-0.25, -0.2) is 14.2 Å². The van der Waals surface area contributed by atoms with Crippen LogP contribution in [0.25, 0.3) is 10.9 Å². The van der Waals surface area contributed by atoms with Gasteiger partial charge >= 0.3 is 12.1 Å². The predicted octanol–water partition coefficient (Wildman–Crippen LogP) is 2.36. The van der Waals surface area contributed by atoms with Crippen molar-refractivity contribution in [2.75, 3.05) is 13.1 Å². The minimum absolute atomic E-state index is 0.0153. The summed E-state index contributed by atoms with van der Waals surface area (Å²) in [4.78, 5) is 38.2. The normalized spacial score (nSPS) is 15.7. The molecule has 2 N–H and O–H groups in total. The zero-order valence-corrected chi connectivity index (χ0v) is 13.9. The molecule has 25 heavy (non-hydrogen) atoms. The molecular weight excluding hydrogens is 405 g/mol. The topological polar surface area (TPSA) is 134 Å². The Balaban J connectivity index is 2.34. The van der Waals surface area contributed by atoms with Crippen molar-refractivity contribution in [1.82, 2.24) is 9.88 Å². The molecule has 1 fully saturated rings. The number of aromatic nitrogens is 1. The summed E-state index contributed by atoms with van der Waals surface area (Å²) in [5.74, 6) is -2.06. The molecule has 1 saturated heterocycles. The Morgan fingerprint density at radius 1 is 1.36 bits per heavy atom. The van der Waals surface area contributed by atoms with Gasteiger partial charge in [-0.1, -0.05) is 0 Å². The number of nitro groups is 1. The fourth-order valence-corrected chi connectivity index (χ4v) is 3.30. The Labute approximate surface area is 147 Å². The van der Waals surface area contributed by atoms with E-state index in [2.05, 4.69) is 20.9 Å². The Hall–Kier alpha value is -2.82. The molecule has 1 aliphatic rings. The third kappa shape index (κ3) is 2.47.